The fraction of sp³-hybridized carbons (Fsp3) is 0.0769. The average Bonchev–Trinajstić information content (AvgIpc) is 2.82. The Labute approximate surface area is 98.5 Å². The van der Waals surface area contributed by atoms with Crippen LogP contribution in [0.15, 0.2) is 49.1 Å². The van der Waals surface area contributed by atoms with Gasteiger partial charge in [-0.15, -0.1) is 0 Å². The van der Waals surface area contributed by atoms with Crippen molar-refractivity contribution in [3.8, 4) is 17.0 Å². The fourth-order valence-electron chi connectivity index (χ4n) is 1.90. The van der Waals surface area contributed by atoms with E-state index in [9.17, 15) is 0 Å². The monoisotopic (exact) mass is 225 g/mol. The van der Waals surface area contributed by atoms with Gasteiger partial charge in [0, 0.05) is 18.0 Å². The minimum absolute atomic E-state index is 0.827. The van der Waals surface area contributed by atoms with Crippen molar-refractivity contribution in [1.29, 1.82) is 0 Å². The van der Waals surface area contributed by atoms with Gasteiger partial charge in [-0.05, 0) is 12.1 Å². The van der Waals surface area contributed by atoms with Crippen LogP contribution in [-0.2, 0) is 0 Å². The molecule has 0 bridgehead atoms. The van der Waals surface area contributed by atoms with Crippen LogP contribution in [0.2, 0.25) is 0 Å². The summed E-state index contributed by atoms with van der Waals surface area (Å²) in [6.45, 7) is 0. The Kier molecular flexibility index (Phi) is 2.26. The number of hydrogen-bond acceptors (Lipinski definition) is 3. The summed E-state index contributed by atoms with van der Waals surface area (Å²) < 4.78 is 7.35. The number of methoxy groups -OCH3 is 1. The van der Waals surface area contributed by atoms with E-state index in [0.29, 0.717) is 0 Å². The smallest absolute Gasteiger partial charge is 0.155 e. The molecule has 2 heterocycles. The third-order valence-corrected chi connectivity index (χ3v) is 2.70. The van der Waals surface area contributed by atoms with Gasteiger partial charge in [-0.1, -0.05) is 12.1 Å². The Balaban J connectivity index is 2.27. The second-order valence-corrected chi connectivity index (χ2v) is 3.65. The molecule has 4 heteroatoms. The number of para-hydroxylation sites is 1. The molecular formula is C13H11N3O. The maximum atomic E-state index is 5.36. The second kappa shape index (κ2) is 3.90. The first-order chi connectivity index (χ1) is 8.40. The SMILES string of the molecule is COc1ccccc1-c1cnc2cnccn12. The fourth-order valence-corrected chi connectivity index (χ4v) is 1.90. The molecule has 0 fully saturated rings. The summed E-state index contributed by atoms with van der Waals surface area (Å²) in [5.74, 6) is 0.839. The second-order valence-electron chi connectivity index (χ2n) is 3.65. The van der Waals surface area contributed by atoms with E-state index in [4.69, 9.17) is 4.74 Å². The summed E-state index contributed by atoms with van der Waals surface area (Å²) in [5.41, 5.74) is 2.85. The highest BCUT2D eigenvalue weighted by Gasteiger charge is 2.09. The van der Waals surface area contributed by atoms with Crippen LogP contribution in [0, 0.1) is 0 Å². The average molecular weight is 225 g/mol. The molecule has 0 aliphatic carbocycles. The summed E-state index contributed by atoms with van der Waals surface area (Å²) in [7, 11) is 1.67. The number of benzene rings is 1. The number of aromatic nitrogens is 3. The van der Waals surface area contributed by atoms with E-state index < -0.39 is 0 Å². The van der Waals surface area contributed by atoms with Crippen molar-refractivity contribution in [2.75, 3.05) is 7.11 Å². The molecule has 84 valence electrons. The van der Waals surface area contributed by atoms with Crippen LogP contribution in [-0.4, -0.2) is 21.5 Å². The van der Waals surface area contributed by atoms with Crippen molar-refractivity contribution < 1.29 is 4.74 Å². The number of fused-ring (bicyclic) bond motifs is 1. The van der Waals surface area contributed by atoms with E-state index >= 15 is 0 Å². The summed E-state index contributed by atoms with van der Waals surface area (Å²) in [6.07, 6.45) is 7.20. The van der Waals surface area contributed by atoms with Gasteiger partial charge in [0.1, 0.15) is 5.75 Å². The Morgan fingerprint density at radius 2 is 2.06 bits per heavy atom. The van der Waals surface area contributed by atoms with Crippen molar-refractivity contribution in [2.24, 2.45) is 0 Å². The highest BCUT2D eigenvalue weighted by atomic mass is 16.5. The Morgan fingerprint density at radius 1 is 1.18 bits per heavy atom. The van der Waals surface area contributed by atoms with Gasteiger partial charge >= 0.3 is 0 Å². The van der Waals surface area contributed by atoms with Gasteiger partial charge in [0.25, 0.3) is 0 Å². The molecule has 2 aromatic heterocycles. The quantitative estimate of drug-likeness (QED) is 0.672. The molecule has 0 radical (unpaired) electrons. The van der Waals surface area contributed by atoms with Gasteiger partial charge in [-0.3, -0.25) is 9.38 Å². The highest BCUT2D eigenvalue weighted by Crippen LogP contribution is 2.29. The molecule has 0 amide bonds. The number of rotatable bonds is 2. The van der Waals surface area contributed by atoms with Crippen LogP contribution in [0.25, 0.3) is 16.9 Å². The minimum atomic E-state index is 0.827. The van der Waals surface area contributed by atoms with Crippen molar-refractivity contribution in [2.45, 2.75) is 0 Å². The largest absolute Gasteiger partial charge is 0.496 e. The molecule has 1 aromatic carbocycles. The molecule has 0 N–H and O–H groups in total. The molecule has 0 saturated carbocycles. The number of hydrogen-bond donors (Lipinski definition) is 0. The molecule has 0 saturated heterocycles. The summed E-state index contributed by atoms with van der Waals surface area (Å²) in [5, 5.41) is 0. The third-order valence-electron chi connectivity index (χ3n) is 2.70. The third kappa shape index (κ3) is 1.54. The molecular weight excluding hydrogens is 214 g/mol. The predicted molar refractivity (Wildman–Crippen MR) is 65.0 cm³/mol. The molecule has 0 aliphatic heterocycles. The number of nitrogens with zero attached hydrogens (tertiary/aromatic N) is 3. The molecule has 0 aliphatic rings. The van der Waals surface area contributed by atoms with Crippen molar-refractivity contribution in [3.05, 3.63) is 49.1 Å². The molecule has 4 nitrogen and oxygen atoms in total. The zero-order chi connectivity index (χ0) is 11.7. The van der Waals surface area contributed by atoms with E-state index in [1.165, 1.54) is 0 Å². The summed E-state index contributed by atoms with van der Waals surface area (Å²) in [6, 6.07) is 7.89. The zero-order valence-corrected chi connectivity index (χ0v) is 9.37. The van der Waals surface area contributed by atoms with Crippen LogP contribution >= 0.6 is 0 Å². The van der Waals surface area contributed by atoms with Crippen molar-refractivity contribution in [1.82, 2.24) is 14.4 Å². The minimum Gasteiger partial charge on any atom is -0.496 e. The van der Waals surface area contributed by atoms with Crippen LogP contribution in [0.4, 0.5) is 0 Å². The van der Waals surface area contributed by atoms with Gasteiger partial charge < -0.3 is 4.74 Å². The number of ether oxygens (including phenoxy) is 1. The molecule has 3 rings (SSSR count). The van der Waals surface area contributed by atoms with Crippen LogP contribution in [0.3, 0.4) is 0 Å². The van der Waals surface area contributed by atoms with E-state index in [0.717, 1.165) is 22.7 Å². The maximum absolute atomic E-state index is 5.36. The van der Waals surface area contributed by atoms with Gasteiger partial charge in [-0.25, -0.2) is 4.98 Å². The summed E-state index contributed by atoms with van der Waals surface area (Å²) >= 11 is 0. The molecule has 0 unspecified atom stereocenters. The molecule has 0 spiro atoms. The highest BCUT2D eigenvalue weighted by molar-refractivity contribution is 5.69. The van der Waals surface area contributed by atoms with E-state index in [2.05, 4.69) is 9.97 Å². The van der Waals surface area contributed by atoms with Crippen molar-refractivity contribution >= 4 is 5.65 Å². The lowest BCUT2D eigenvalue weighted by Gasteiger charge is -2.07. The zero-order valence-electron chi connectivity index (χ0n) is 9.37. The van der Waals surface area contributed by atoms with Crippen molar-refractivity contribution in [3.63, 3.8) is 0 Å². The lowest BCUT2D eigenvalue weighted by Crippen LogP contribution is -1.91. The normalized spacial score (nSPS) is 10.6. The Morgan fingerprint density at radius 3 is 2.94 bits per heavy atom. The van der Waals surface area contributed by atoms with Gasteiger partial charge in [0.2, 0.25) is 0 Å². The topological polar surface area (TPSA) is 39.4 Å². The molecule has 0 atom stereocenters. The first kappa shape index (κ1) is 9.84. The lowest BCUT2D eigenvalue weighted by atomic mass is 10.1. The van der Waals surface area contributed by atoms with Crippen LogP contribution in [0.1, 0.15) is 0 Å². The summed E-state index contributed by atoms with van der Waals surface area (Å²) in [4.78, 5) is 8.36. The first-order valence-corrected chi connectivity index (χ1v) is 5.30. The van der Waals surface area contributed by atoms with Gasteiger partial charge in [0.15, 0.2) is 5.65 Å². The van der Waals surface area contributed by atoms with E-state index in [1.807, 2.05) is 41.1 Å². The van der Waals surface area contributed by atoms with Crippen LogP contribution in [0.5, 0.6) is 5.75 Å². The van der Waals surface area contributed by atoms with Gasteiger partial charge in [0.05, 0.1) is 25.2 Å². The maximum Gasteiger partial charge on any atom is 0.155 e. The first-order valence-electron chi connectivity index (χ1n) is 5.30. The van der Waals surface area contributed by atoms with E-state index in [1.54, 1.807) is 19.5 Å². The Hall–Kier alpha value is -2.36. The standard InChI is InChI=1S/C13H11N3O/c1-17-12-5-3-2-4-10(12)11-8-15-13-9-14-6-7-16(11)13/h2-9H,1H3. The Bertz CT molecular complexity index is 660. The van der Waals surface area contributed by atoms with E-state index in [-0.39, 0.29) is 0 Å². The van der Waals surface area contributed by atoms with Gasteiger partial charge in [-0.2, -0.15) is 0 Å². The molecule has 3 aromatic rings. The van der Waals surface area contributed by atoms with Crippen LogP contribution < -0.4 is 4.74 Å². The number of imidazole rings is 1. The lowest BCUT2D eigenvalue weighted by molar-refractivity contribution is 0.416. The molecule has 17 heavy (non-hydrogen) atoms. The predicted octanol–water partition coefficient (Wildman–Crippen LogP) is 2.40.